The van der Waals surface area contributed by atoms with E-state index in [4.69, 9.17) is 9.78 Å². The number of pyridine rings is 1. The summed E-state index contributed by atoms with van der Waals surface area (Å²) in [6.07, 6.45) is 3.91. The Morgan fingerprint density at radius 1 is 1.53 bits per heavy atom. The molecule has 1 aliphatic rings. The first-order chi connectivity index (χ1) is 9.26. The smallest absolute Gasteiger partial charge is 0.229 e. The number of aromatic nitrogens is 3. The van der Waals surface area contributed by atoms with Crippen molar-refractivity contribution in [2.45, 2.75) is 25.3 Å². The van der Waals surface area contributed by atoms with Crippen molar-refractivity contribution in [3.63, 3.8) is 0 Å². The molecule has 1 fully saturated rings. The maximum absolute atomic E-state index is 8.87. The molecule has 0 saturated heterocycles. The number of hydrogen-bond acceptors (Lipinski definition) is 6. The summed E-state index contributed by atoms with van der Waals surface area (Å²) < 4.78 is 5.21. The molecule has 2 heterocycles. The third-order valence-corrected chi connectivity index (χ3v) is 3.05. The summed E-state index contributed by atoms with van der Waals surface area (Å²) >= 11 is 0. The summed E-state index contributed by atoms with van der Waals surface area (Å²) in [7, 11) is 1.89. The van der Waals surface area contributed by atoms with Gasteiger partial charge in [-0.05, 0) is 25.0 Å². The highest BCUT2D eigenvalue weighted by molar-refractivity contribution is 5.44. The summed E-state index contributed by atoms with van der Waals surface area (Å²) in [5.41, 5.74) is 0.587. The molecule has 96 valence electrons. The largest absolute Gasteiger partial charge is 0.352 e. The van der Waals surface area contributed by atoms with E-state index in [1.54, 1.807) is 18.3 Å². The van der Waals surface area contributed by atoms with E-state index in [1.807, 2.05) is 11.9 Å². The molecular weight excluding hydrogens is 242 g/mol. The molecule has 0 amide bonds. The van der Waals surface area contributed by atoms with E-state index in [0.29, 0.717) is 23.9 Å². The van der Waals surface area contributed by atoms with Gasteiger partial charge in [0.1, 0.15) is 5.82 Å². The van der Waals surface area contributed by atoms with Gasteiger partial charge in [0, 0.05) is 19.2 Å². The fraction of sp³-hybridized carbons (Fsp3) is 0.385. The molecule has 2 aromatic rings. The normalized spacial score (nSPS) is 14.1. The number of hydrogen-bond donors (Lipinski definition) is 0. The SMILES string of the molecule is CN(Cc1noc(C2CC2)n1)c1cc(C#N)ccn1. The van der Waals surface area contributed by atoms with Gasteiger partial charge in [0.25, 0.3) is 0 Å². The van der Waals surface area contributed by atoms with Crippen LogP contribution in [0.4, 0.5) is 5.82 Å². The average molecular weight is 255 g/mol. The van der Waals surface area contributed by atoms with Crippen molar-refractivity contribution in [2.24, 2.45) is 0 Å². The predicted octanol–water partition coefficient (Wildman–Crippen LogP) is 1.85. The molecular formula is C13H13N5O. The standard InChI is InChI=1S/C13H13N5O/c1-18(12-6-9(7-14)4-5-15-12)8-11-16-13(19-17-11)10-2-3-10/h4-6,10H,2-3,8H2,1H3. The van der Waals surface area contributed by atoms with E-state index in [2.05, 4.69) is 21.2 Å². The molecule has 0 N–H and O–H groups in total. The summed E-state index contributed by atoms with van der Waals surface area (Å²) in [4.78, 5) is 10.5. The molecule has 0 spiro atoms. The van der Waals surface area contributed by atoms with Gasteiger partial charge in [-0.3, -0.25) is 0 Å². The number of nitrogens with zero attached hydrogens (tertiary/aromatic N) is 5. The van der Waals surface area contributed by atoms with Crippen LogP contribution in [-0.4, -0.2) is 22.2 Å². The first-order valence-corrected chi connectivity index (χ1v) is 6.16. The van der Waals surface area contributed by atoms with Crippen LogP contribution in [0.1, 0.15) is 36.0 Å². The van der Waals surface area contributed by atoms with Gasteiger partial charge in [0.15, 0.2) is 5.82 Å². The summed E-state index contributed by atoms with van der Waals surface area (Å²) in [5.74, 6) is 2.57. The summed E-state index contributed by atoms with van der Waals surface area (Å²) in [6.45, 7) is 0.512. The summed E-state index contributed by atoms with van der Waals surface area (Å²) in [5, 5.41) is 12.8. The monoisotopic (exact) mass is 255 g/mol. The van der Waals surface area contributed by atoms with E-state index in [9.17, 15) is 0 Å². The highest BCUT2D eigenvalue weighted by Gasteiger charge is 2.29. The van der Waals surface area contributed by atoms with Crippen LogP contribution in [-0.2, 0) is 6.54 Å². The van der Waals surface area contributed by atoms with Crippen molar-refractivity contribution in [1.29, 1.82) is 5.26 Å². The van der Waals surface area contributed by atoms with E-state index >= 15 is 0 Å². The van der Waals surface area contributed by atoms with E-state index in [1.165, 1.54) is 0 Å². The molecule has 0 bridgehead atoms. The molecule has 3 rings (SSSR count). The molecule has 19 heavy (non-hydrogen) atoms. The first kappa shape index (κ1) is 11.7. The number of nitriles is 1. The molecule has 1 aliphatic carbocycles. The molecule has 1 saturated carbocycles. The Bertz CT molecular complexity index is 626. The Morgan fingerprint density at radius 2 is 2.37 bits per heavy atom. The molecule has 0 aromatic carbocycles. The molecule has 0 aliphatic heterocycles. The highest BCUT2D eigenvalue weighted by atomic mass is 16.5. The van der Waals surface area contributed by atoms with Crippen LogP contribution in [0, 0.1) is 11.3 Å². The molecule has 2 aromatic heterocycles. The van der Waals surface area contributed by atoms with Gasteiger partial charge in [0.2, 0.25) is 5.89 Å². The van der Waals surface area contributed by atoms with Crippen LogP contribution in [0.3, 0.4) is 0 Å². The van der Waals surface area contributed by atoms with Gasteiger partial charge in [-0.2, -0.15) is 10.2 Å². The topological polar surface area (TPSA) is 78.8 Å². The Morgan fingerprint density at radius 3 is 3.11 bits per heavy atom. The number of rotatable bonds is 4. The quantitative estimate of drug-likeness (QED) is 0.829. The van der Waals surface area contributed by atoms with Crippen LogP contribution in [0.25, 0.3) is 0 Å². The zero-order chi connectivity index (χ0) is 13.2. The Labute approximate surface area is 110 Å². The van der Waals surface area contributed by atoms with Crippen LogP contribution >= 0.6 is 0 Å². The van der Waals surface area contributed by atoms with Gasteiger partial charge in [-0.1, -0.05) is 5.16 Å². The molecule has 6 nitrogen and oxygen atoms in total. The van der Waals surface area contributed by atoms with Crippen LogP contribution < -0.4 is 4.90 Å². The minimum Gasteiger partial charge on any atom is -0.352 e. The van der Waals surface area contributed by atoms with Gasteiger partial charge in [0.05, 0.1) is 18.2 Å². The third kappa shape index (κ3) is 2.55. The lowest BCUT2D eigenvalue weighted by molar-refractivity contribution is 0.374. The fourth-order valence-corrected chi connectivity index (χ4v) is 1.82. The fourth-order valence-electron chi connectivity index (χ4n) is 1.82. The van der Waals surface area contributed by atoms with E-state index in [0.717, 1.165) is 24.6 Å². The van der Waals surface area contributed by atoms with E-state index in [-0.39, 0.29) is 0 Å². The zero-order valence-corrected chi connectivity index (χ0v) is 10.6. The zero-order valence-electron chi connectivity index (χ0n) is 10.6. The molecule has 0 unspecified atom stereocenters. The highest BCUT2D eigenvalue weighted by Crippen LogP contribution is 2.38. The molecule has 6 heteroatoms. The second-order valence-corrected chi connectivity index (χ2v) is 4.69. The van der Waals surface area contributed by atoms with Crippen molar-refractivity contribution in [3.05, 3.63) is 35.6 Å². The van der Waals surface area contributed by atoms with Crippen molar-refractivity contribution < 1.29 is 4.52 Å². The maximum Gasteiger partial charge on any atom is 0.229 e. The van der Waals surface area contributed by atoms with Crippen molar-refractivity contribution in [3.8, 4) is 6.07 Å². The van der Waals surface area contributed by atoms with E-state index < -0.39 is 0 Å². The second-order valence-electron chi connectivity index (χ2n) is 4.69. The van der Waals surface area contributed by atoms with Crippen molar-refractivity contribution in [1.82, 2.24) is 15.1 Å². The minimum atomic E-state index is 0.464. The van der Waals surface area contributed by atoms with Crippen molar-refractivity contribution in [2.75, 3.05) is 11.9 Å². The lowest BCUT2D eigenvalue weighted by Crippen LogP contribution is -2.18. The molecule has 0 radical (unpaired) electrons. The van der Waals surface area contributed by atoms with Gasteiger partial charge in [-0.15, -0.1) is 0 Å². The van der Waals surface area contributed by atoms with Gasteiger partial charge < -0.3 is 9.42 Å². The van der Waals surface area contributed by atoms with Crippen molar-refractivity contribution >= 4 is 5.82 Å². The van der Waals surface area contributed by atoms with Crippen LogP contribution in [0.15, 0.2) is 22.9 Å². The Balaban J connectivity index is 1.72. The lowest BCUT2D eigenvalue weighted by Gasteiger charge is -2.15. The average Bonchev–Trinajstić information content (AvgIpc) is 3.19. The van der Waals surface area contributed by atoms with Gasteiger partial charge >= 0.3 is 0 Å². The van der Waals surface area contributed by atoms with Gasteiger partial charge in [-0.25, -0.2) is 4.98 Å². The first-order valence-electron chi connectivity index (χ1n) is 6.16. The third-order valence-electron chi connectivity index (χ3n) is 3.05. The number of anilines is 1. The van der Waals surface area contributed by atoms with Crippen LogP contribution in [0.5, 0.6) is 0 Å². The Hall–Kier alpha value is -2.42. The summed E-state index contributed by atoms with van der Waals surface area (Å²) in [6, 6.07) is 5.51. The lowest BCUT2D eigenvalue weighted by atomic mass is 10.3. The Kier molecular flexibility index (Phi) is 2.88. The predicted molar refractivity (Wildman–Crippen MR) is 67.3 cm³/mol. The molecule has 0 atom stereocenters. The second kappa shape index (κ2) is 4.69. The maximum atomic E-state index is 8.87. The minimum absolute atomic E-state index is 0.464. The van der Waals surface area contributed by atoms with Crippen LogP contribution in [0.2, 0.25) is 0 Å².